The van der Waals surface area contributed by atoms with E-state index >= 15 is 0 Å². The van der Waals surface area contributed by atoms with Gasteiger partial charge in [-0.1, -0.05) is 175 Å². The van der Waals surface area contributed by atoms with Crippen molar-refractivity contribution in [1.29, 1.82) is 0 Å². The van der Waals surface area contributed by atoms with Gasteiger partial charge in [-0.05, 0) is 179 Å². The Bertz CT molecular complexity index is 8620. The molecule has 20 rings (SSSR count). The summed E-state index contributed by atoms with van der Waals surface area (Å²) >= 11 is 4.01. The van der Waals surface area contributed by atoms with Crippen LogP contribution in [0.4, 0.5) is 23.2 Å². The van der Waals surface area contributed by atoms with Crippen LogP contribution in [0.1, 0.15) is 43.7 Å². The van der Waals surface area contributed by atoms with E-state index in [-0.39, 0.29) is 118 Å². The van der Waals surface area contributed by atoms with Crippen molar-refractivity contribution in [2.45, 2.75) is 67.1 Å². The number of nitrogens with zero attached hydrogens (tertiary/aromatic N) is 4. The predicted molar refractivity (Wildman–Crippen MR) is 517 cm³/mol. The Balaban J connectivity index is 0.000000126. The minimum atomic E-state index is -1.09. The number of hydrogen-bond acceptors (Lipinski definition) is 23. The van der Waals surface area contributed by atoms with Gasteiger partial charge in [-0.2, -0.15) is 0 Å². The van der Waals surface area contributed by atoms with Crippen molar-refractivity contribution in [2.24, 2.45) is 0 Å². The van der Waals surface area contributed by atoms with Crippen LogP contribution in [0.3, 0.4) is 0 Å². The number of rotatable bonds is 20. The molecule has 8 heterocycles. The third-order valence-electron chi connectivity index (χ3n) is 22.1. The number of methoxy groups -OCH3 is 1. The fourth-order valence-corrected chi connectivity index (χ4v) is 18.9. The number of nitrogen functional groups attached to an aromatic ring is 1. The zero-order valence-corrected chi connectivity index (χ0v) is 74.3. The van der Waals surface area contributed by atoms with E-state index in [0.717, 1.165) is 63.7 Å². The molecule has 0 fully saturated rings. The second-order valence-electron chi connectivity index (χ2n) is 30.7. The van der Waals surface area contributed by atoms with E-state index in [0.29, 0.717) is 93.0 Å². The highest BCUT2D eigenvalue weighted by molar-refractivity contribution is 8.00. The van der Waals surface area contributed by atoms with Crippen LogP contribution in [-0.4, -0.2) is 56.9 Å². The molecule has 0 atom stereocenters. The van der Waals surface area contributed by atoms with Gasteiger partial charge in [0.15, 0.2) is 45.3 Å². The lowest BCUT2D eigenvalue weighted by molar-refractivity contribution is 0.0696. The van der Waals surface area contributed by atoms with Gasteiger partial charge in [0.2, 0.25) is 0 Å². The molecule has 24 nitrogen and oxygen atoms in total. The fraction of sp³-hybridized carbons (Fsp3) is 0.0673. The summed E-state index contributed by atoms with van der Waals surface area (Å²) < 4.78 is 86.8. The number of carboxylic acid groups (broad SMARTS) is 1. The molecule has 0 aliphatic carbocycles. The number of pyridine rings is 4. The molecule has 0 unspecified atom stereocenters. The maximum absolute atomic E-state index is 13.6. The molecule has 8 aromatic heterocycles. The molecular formula is C104H71F4N5O19S4. The molecule has 12 aromatic carbocycles. The van der Waals surface area contributed by atoms with Crippen molar-refractivity contribution in [3.63, 3.8) is 0 Å². The minimum absolute atomic E-state index is 0.00735. The van der Waals surface area contributed by atoms with E-state index in [1.165, 1.54) is 91.1 Å². The topological polar surface area (TPSA) is 362 Å². The first-order chi connectivity index (χ1) is 65.7. The number of thioether (sulfide) groups is 2. The van der Waals surface area contributed by atoms with Crippen LogP contribution in [0.2, 0.25) is 0 Å². The van der Waals surface area contributed by atoms with E-state index in [9.17, 15) is 81.1 Å². The predicted octanol–water partition coefficient (Wildman–Crippen LogP) is 20.2. The molecule has 678 valence electrons. The van der Waals surface area contributed by atoms with E-state index in [1.54, 1.807) is 189 Å². The lowest BCUT2D eigenvalue weighted by atomic mass is 10.1. The first-order valence-corrected chi connectivity index (χ1v) is 45.1. The van der Waals surface area contributed by atoms with Crippen molar-refractivity contribution in [3.8, 4) is 28.7 Å². The molecule has 0 saturated heterocycles. The molecule has 0 aliphatic rings. The third-order valence-corrected chi connectivity index (χ3v) is 26.5. The quantitative estimate of drug-likeness (QED) is 0.0179. The van der Waals surface area contributed by atoms with E-state index < -0.39 is 73.8 Å². The van der Waals surface area contributed by atoms with Gasteiger partial charge < -0.3 is 71.9 Å². The van der Waals surface area contributed by atoms with Crippen molar-refractivity contribution < 1.29 is 70.3 Å². The summed E-state index contributed by atoms with van der Waals surface area (Å²) in [6.07, 6.45) is 0. The molecule has 20 aromatic rings. The Morgan fingerprint density at radius 2 is 0.610 bits per heavy atom. The molecule has 136 heavy (non-hydrogen) atoms. The van der Waals surface area contributed by atoms with Gasteiger partial charge in [-0.15, -0.1) is 23.5 Å². The number of halogens is 4. The van der Waals surface area contributed by atoms with Crippen molar-refractivity contribution in [2.75, 3.05) is 12.8 Å². The third kappa shape index (κ3) is 19.0. The summed E-state index contributed by atoms with van der Waals surface area (Å²) in [4.78, 5) is 117. The number of carboxylic acids is 1. The summed E-state index contributed by atoms with van der Waals surface area (Å²) in [6, 6.07) is 80.5. The second kappa shape index (κ2) is 39.6. The lowest BCUT2D eigenvalue weighted by Gasteiger charge is -2.14. The second-order valence-corrected chi connectivity index (χ2v) is 34.8. The highest BCUT2D eigenvalue weighted by Crippen LogP contribution is 2.43. The average Bonchev–Trinajstić information content (AvgIpc) is 0.750. The Morgan fingerprint density at radius 3 is 0.934 bits per heavy atom. The molecular weight excluding hydrogens is 1830 g/mol. The zero-order chi connectivity index (χ0) is 95.3. The first-order valence-electron chi connectivity index (χ1n) is 41.4. The molecule has 0 amide bonds. The van der Waals surface area contributed by atoms with Gasteiger partial charge in [0.05, 0.1) is 60.9 Å². The first kappa shape index (κ1) is 91.6. The number of aromatic nitrogens is 4. The average molecular weight is 1900 g/mol. The molecule has 0 aliphatic heterocycles. The van der Waals surface area contributed by atoms with Crippen LogP contribution in [-0.2, 0) is 37.7 Å². The molecule has 0 spiro atoms. The van der Waals surface area contributed by atoms with Crippen LogP contribution in [0.15, 0.2) is 383 Å². The normalized spacial score (nSPS) is 11.3. The van der Waals surface area contributed by atoms with Gasteiger partial charge >= 0.3 is 28.5 Å². The number of ether oxygens (including phenoxy) is 1. The van der Waals surface area contributed by atoms with Crippen LogP contribution in [0.5, 0.6) is 28.7 Å². The van der Waals surface area contributed by atoms with Gasteiger partial charge in [0.25, 0.3) is 22.2 Å². The van der Waals surface area contributed by atoms with Crippen LogP contribution in [0, 0.1) is 23.3 Å². The summed E-state index contributed by atoms with van der Waals surface area (Å²) in [5.74, 6) is -2.86. The minimum Gasteiger partial charge on any atom is -0.506 e. The van der Waals surface area contributed by atoms with Crippen LogP contribution < -0.4 is 55.2 Å². The van der Waals surface area contributed by atoms with E-state index in [2.05, 4.69) is 0 Å². The summed E-state index contributed by atoms with van der Waals surface area (Å²) in [6.45, 7) is 0.568. The zero-order valence-electron chi connectivity index (χ0n) is 71.0. The Morgan fingerprint density at radius 1 is 0.331 bits per heavy atom. The number of benzene rings is 12. The van der Waals surface area contributed by atoms with Gasteiger partial charge in [0, 0.05) is 48.5 Å². The van der Waals surface area contributed by atoms with Crippen LogP contribution >= 0.6 is 47.0 Å². The molecule has 0 bridgehead atoms. The standard InChI is InChI=1S/C27H20FNO5S.C26H16FNO6S.C26H18FNO4S.C25H17FN2O4S/c1-33-19-12-8-17(9-13-19)15-35-25-23(30)22-24(34-27(25)32)20-4-2-3-5-21(20)29(26(22)31)14-16-6-10-18(28)11-7-16;27-16-9-5-14(6-10-16)13-28-19-4-2-1-3-18(19)22-20(24(28)30)21(29)23(26(33)34-22)35-17-11-7-15(8-12-17)25(31)32;27-18-12-10-16(11-13-18)14-28-20-9-5-4-8-19(20)23-21(25(28)30)22(29)24(26(31)32-23)33-15-17-6-2-1-3-7-17;26-15-11-9-14(10-12-15)13-28-18-7-3-1-5-16(18)22-20(24(28)30)21(29)23(25(31)32-22)33-19-8-4-2-6-17(19)27/h2-13,30H,14-15H2,1H3;1-12,29H,13H2,(H,31,32);1-13,29H,14-15H2;1-12,29H,13,27H2. The number of para-hydroxylation sites is 5. The van der Waals surface area contributed by atoms with Crippen molar-refractivity contribution in [3.05, 3.63) is 443 Å². The maximum Gasteiger partial charge on any atom is 0.354 e. The maximum atomic E-state index is 13.6. The number of carbonyl (C=O) groups is 1. The summed E-state index contributed by atoms with van der Waals surface area (Å²) in [5.41, 5.74) is 8.21. The van der Waals surface area contributed by atoms with E-state index in [1.807, 2.05) is 42.5 Å². The number of hydrogen-bond donors (Lipinski definition) is 6. The smallest absolute Gasteiger partial charge is 0.354 e. The molecule has 0 radical (unpaired) electrons. The number of fused-ring (bicyclic) bond motifs is 12. The van der Waals surface area contributed by atoms with Gasteiger partial charge in [-0.25, -0.2) is 41.5 Å². The molecule has 32 heteroatoms. The monoisotopic (exact) mass is 1900 g/mol. The molecule has 0 saturated carbocycles. The lowest BCUT2D eigenvalue weighted by Crippen LogP contribution is -2.22. The Hall–Kier alpha value is -16.3. The van der Waals surface area contributed by atoms with E-state index in [4.69, 9.17) is 33.2 Å². The number of anilines is 1. The van der Waals surface area contributed by atoms with Crippen molar-refractivity contribution in [1.82, 2.24) is 18.3 Å². The largest absolute Gasteiger partial charge is 0.506 e. The summed E-state index contributed by atoms with van der Waals surface area (Å²) in [7, 11) is 1.58. The van der Waals surface area contributed by atoms with Gasteiger partial charge in [0.1, 0.15) is 70.1 Å². The van der Waals surface area contributed by atoms with Gasteiger partial charge in [-0.3, -0.25) is 19.2 Å². The molecule has 7 N–H and O–H groups in total. The Labute approximate surface area is 780 Å². The Kier molecular flexibility index (Phi) is 26.7. The number of aromatic carboxylic acids is 1. The number of nitrogens with two attached hydrogens (primary N) is 1. The highest BCUT2D eigenvalue weighted by Gasteiger charge is 2.29. The van der Waals surface area contributed by atoms with Crippen molar-refractivity contribution >= 4 is 146 Å². The fourth-order valence-electron chi connectivity index (χ4n) is 15.4. The van der Waals surface area contributed by atoms with Crippen LogP contribution in [0.25, 0.3) is 87.5 Å². The highest BCUT2D eigenvalue weighted by atomic mass is 32.2. The SMILES string of the molecule is COc1ccc(CSc2c(O)c3c(=O)n(Cc4ccc(F)cc4)c4ccccc4c3oc2=O)cc1.Nc1ccccc1Sc1c(O)c2c(=O)n(Cc3ccc(F)cc3)c3ccccc3c2oc1=O.O=C(O)c1ccc(Sc2c(O)c3c(=O)n(Cc4ccc(F)cc4)c4ccccc4c3oc2=O)cc1.O=c1oc2c(c(O)c1SCc1ccccc1)c(=O)n(Cc1ccc(F)cc1)c1ccccc21. The number of aromatic hydroxyl groups is 4. The summed E-state index contributed by atoms with van der Waals surface area (Å²) in [5, 5.41) is 54.9.